The highest BCUT2D eigenvalue weighted by molar-refractivity contribution is 5.34. The Morgan fingerprint density at radius 2 is 2.00 bits per heavy atom. The Kier molecular flexibility index (Phi) is 2.16. The van der Waals surface area contributed by atoms with Crippen LogP contribution < -0.4 is 5.73 Å². The molecule has 0 bridgehead atoms. The fraction of sp³-hybridized carbons (Fsp3) is 0.111. The first-order valence-electron chi connectivity index (χ1n) is 4.17. The molecular weight excluding hydrogens is 180 g/mol. The zero-order valence-corrected chi connectivity index (χ0v) is 7.46. The maximum atomic E-state index is 8.85. The highest BCUT2D eigenvalue weighted by atomic mass is 16.3. The second kappa shape index (κ2) is 3.47. The minimum atomic E-state index is 0.0414. The van der Waals surface area contributed by atoms with Gasteiger partial charge in [-0.1, -0.05) is 12.1 Å². The molecule has 0 radical (unpaired) electrons. The number of nitrogens with two attached hydrogens (primary N) is 1. The van der Waals surface area contributed by atoms with Gasteiger partial charge in [0, 0.05) is 0 Å². The van der Waals surface area contributed by atoms with Gasteiger partial charge in [0.1, 0.15) is 6.33 Å². The standard InChI is InChI=1S/C9H10N4O/c10-9-11-6-13(12-9)8-3-1-7(5-14)2-4-8/h1-4,6,14H,5H2,(H2,10,12). The molecular formula is C9H10N4O. The molecule has 0 saturated carbocycles. The van der Waals surface area contributed by atoms with Crippen molar-refractivity contribution in [2.45, 2.75) is 6.61 Å². The van der Waals surface area contributed by atoms with Gasteiger partial charge in [0.15, 0.2) is 0 Å². The smallest absolute Gasteiger partial charge is 0.239 e. The summed E-state index contributed by atoms with van der Waals surface area (Å²) in [6, 6.07) is 7.35. The van der Waals surface area contributed by atoms with Gasteiger partial charge in [0.05, 0.1) is 12.3 Å². The molecule has 5 heteroatoms. The average Bonchev–Trinajstić information content (AvgIpc) is 2.65. The van der Waals surface area contributed by atoms with Crippen molar-refractivity contribution in [3.05, 3.63) is 36.2 Å². The number of rotatable bonds is 2. The summed E-state index contributed by atoms with van der Waals surface area (Å²) in [5, 5.41) is 12.8. The van der Waals surface area contributed by atoms with Crippen molar-refractivity contribution in [3.63, 3.8) is 0 Å². The third-order valence-electron chi connectivity index (χ3n) is 1.89. The van der Waals surface area contributed by atoms with E-state index in [4.69, 9.17) is 10.8 Å². The number of anilines is 1. The van der Waals surface area contributed by atoms with Crippen LogP contribution in [0.2, 0.25) is 0 Å². The zero-order chi connectivity index (χ0) is 9.97. The molecule has 0 atom stereocenters. The van der Waals surface area contributed by atoms with Crippen LogP contribution in [0.5, 0.6) is 0 Å². The van der Waals surface area contributed by atoms with Crippen LogP contribution in [-0.2, 0) is 6.61 Å². The Bertz CT molecular complexity index is 421. The van der Waals surface area contributed by atoms with Crippen LogP contribution >= 0.6 is 0 Å². The molecule has 0 aliphatic carbocycles. The Balaban J connectivity index is 2.33. The Morgan fingerprint density at radius 3 is 2.50 bits per heavy atom. The summed E-state index contributed by atoms with van der Waals surface area (Å²) in [7, 11) is 0. The molecule has 0 unspecified atom stereocenters. The number of nitrogen functional groups attached to an aromatic ring is 1. The average molecular weight is 190 g/mol. The van der Waals surface area contributed by atoms with E-state index in [0.717, 1.165) is 11.3 Å². The lowest BCUT2D eigenvalue weighted by molar-refractivity contribution is 0.282. The number of hydrogen-bond acceptors (Lipinski definition) is 4. The molecule has 2 rings (SSSR count). The maximum absolute atomic E-state index is 8.85. The predicted octanol–water partition coefficient (Wildman–Crippen LogP) is 0.342. The minimum Gasteiger partial charge on any atom is -0.392 e. The fourth-order valence-electron chi connectivity index (χ4n) is 1.15. The monoisotopic (exact) mass is 190 g/mol. The highest BCUT2D eigenvalue weighted by Crippen LogP contribution is 2.08. The van der Waals surface area contributed by atoms with Crippen LogP contribution in [0, 0.1) is 0 Å². The summed E-state index contributed by atoms with van der Waals surface area (Å²) < 4.78 is 1.58. The van der Waals surface area contributed by atoms with Gasteiger partial charge in [-0.25, -0.2) is 9.67 Å². The van der Waals surface area contributed by atoms with E-state index in [1.54, 1.807) is 11.0 Å². The van der Waals surface area contributed by atoms with Crippen molar-refractivity contribution in [1.82, 2.24) is 14.8 Å². The first-order valence-corrected chi connectivity index (χ1v) is 4.17. The first-order chi connectivity index (χ1) is 6.79. The van der Waals surface area contributed by atoms with E-state index in [2.05, 4.69) is 10.1 Å². The van der Waals surface area contributed by atoms with E-state index in [0.29, 0.717) is 0 Å². The predicted molar refractivity (Wildman–Crippen MR) is 51.7 cm³/mol. The molecule has 1 aromatic heterocycles. The summed E-state index contributed by atoms with van der Waals surface area (Å²) in [5.74, 6) is 0.247. The Morgan fingerprint density at radius 1 is 1.29 bits per heavy atom. The fourth-order valence-corrected chi connectivity index (χ4v) is 1.15. The van der Waals surface area contributed by atoms with Gasteiger partial charge >= 0.3 is 0 Å². The second-order valence-electron chi connectivity index (χ2n) is 2.87. The summed E-state index contributed by atoms with van der Waals surface area (Å²) in [5.41, 5.74) is 7.12. The van der Waals surface area contributed by atoms with E-state index >= 15 is 0 Å². The van der Waals surface area contributed by atoms with E-state index in [1.807, 2.05) is 24.3 Å². The van der Waals surface area contributed by atoms with E-state index in [-0.39, 0.29) is 12.6 Å². The normalized spacial score (nSPS) is 10.4. The van der Waals surface area contributed by atoms with Crippen LogP contribution in [-0.4, -0.2) is 19.9 Å². The quantitative estimate of drug-likeness (QED) is 0.716. The van der Waals surface area contributed by atoms with E-state index in [9.17, 15) is 0 Å². The van der Waals surface area contributed by atoms with Gasteiger partial charge in [-0.2, -0.15) is 0 Å². The number of aromatic nitrogens is 3. The molecule has 0 spiro atoms. The maximum Gasteiger partial charge on any atom is 0.239 e. The van der Waals surface area contributed by atoms with E-state index in [1.165, 1.54) is 0 Å². The van der Waals surface area contributed by atoms with Crippen LogP contribution in [0.3, 0.4) is 0 Å². The lowest BCUT2D eigenvalue weighted by Gasteiger charge is -2.00. The number of benzene rings is 1. The van der Waals surface area contributed by atoms with Crippen molar-refractivity contribution in [3.8, 4) is 5.69 Å². The molecule has 14 heavy (non-hydrogen) atoms. The Labute approximate surface area is 80.8 Å². The van der Waals surface area contributed by atoms with Gasteiger partial charge in [0.2, 0.25) is 5.95 Å². The molecule has 72 valence electrons. The minimum absolute atomic E-state index is 0.0414. The van der Waals surface area contributed by atoms with Crippen LogP contribution in [0.4, 0.5) is 5.95 Å². The lowest BCUT2D eigenvalue weighted by atomic mass is 10.2. The van der Waals surface area contributed by atoms with Crippen molar-refractivity contribution in [2.24, 2.45) is 0 Å². The van der Waals surface area contributed by atoms with E-state index < -0.39 is 0 Å². The molecule has 5 nitrogen and oxygen atoms in total. The SMILES string of the molecule is Nc1ncn(-c2ccc(CO)cc2)n1. The molecule has 1 aromatic carbocycles. The largest absolute Gasteiger partial charge is 0.392 e. The molecule has 0 aliphatic heterocycles. The van der Waals surface area contributed by atoms with Crippen molar-refractivity contribution in [1.29, 1.82) is 0 Å². The molecule has 3 N–H and O–H groups in total. The molecule has 2 aromatic rings. The molecule has 0 aliphatic rings. The summed E-state index contributed by atoms with van der Waals surface area (Å²) in [6.07, 6.45) is 1.54. The van der Waals surface area contributed by atoms with Gasteiger partial charge in [0.25, 0.3) is 0 Å². The van der Waals surface area contributed by atoms with Crippen LogP contribution in [0.25, 0.3) is 5.69 Å². The number of hydrogen-bond donors (Lipinski definition) is 2. The van der Waals surface area contributed by atoms with Crippen molar-refractivity contribution >= 4 is 5.95 Å². The van der Waals surface area contributed by atoms with Crippen molar-refractivity contribution in [2.75, 3.05) is 5.73 Å². The highest BCUT2D eigenvalue weighted by Gasteiger charge is 1.98. The third kappa shape index (κ3) is 1.57. The van der Waals surface area contributed by atoms with Gasteiger partial charge in [-0.3, -0.25) is 0 Å². The Hall–Kier alpha value is -1.88. The zero-order valence-electron chi connectivity index (χ0n) is 7.46. The summed E-state index contributed by atoms with van der Waals surface area (Å²) >= 11 is 0. The number of aliphatic hydroxyl groups is 1. The number of nitrogens with zero attached hydrogens (tertiary/aromatic N) is 3. The summed E-state index contributed by atoms with van der Waals surface area (Å²) in [4.78, 5) is 3.82. The molecule has 0 saturated heterocycles. The van der Waals surface area contributed by atoms with Gasteiger partial charge in [-0.05, 0) is 17.7 Å². The third-order valence-corrected chi connectivity index (χ3v) is 1.89. The van der Waals surface area contributed by atoms with Gasteiger partial charge in [-0.15, -0.1) is 5.10 Å². The lowest BCUT2D eigenvalue weighted by Crippen LogP contribution is -1.96. The first kappa shape index (κ1) is 8.71. The van der Waals surface area contributed by atoms with Gasteiger partial charge < -0.3 is 10.8 Å². The molecule has 1 heterocycles. The van der Waals surface area contributed by atoms with Crippen molar-refractivity contribution < 1.29 is 5.11 Å². The second-order valence-corrected chi connectivity index (χ2v) is 2.87. The summed E-state index contributed by atoms with van der Waals surface area (Å²) in [6.45, 7) is 0.0414. The van der Waals surface area contributed by atoms with Crippen LogP contribution in [0.1, 0.15) is 5.56 Å². The van der Waals surface area contributed by atoms with Crippen LogP contribution in [0.15, 0.2) is 30.6 Å². The topological polar surface area (TPSA) is 77.0 Å². The molecule has 0 amide bonds. The number of aliphatic hydroxyl groups excluding tert-OH is 1. The molecule has 0 fully saturated rings.